The lowest BCUT2D eigenvalue weighted by Crippen LogP contribution is -2.36. The number of nitrogens with two attached hydrogens (primary N) is 2. The first-order chi connectivity index (χ1) is 12.5. The number of fused-ring (bicyclic) bond motifs is 2. The van der Waals surface area contributed by atoms with Gasteiger partial charge >= 0.3 is 0 Å². The smallest absolute Gasteiger partial charge is 0.227 e. The summed E-state index contributed by atoms with van der Waals surface area (Å²) in [4.78, 5) is 25.4. The van der Waals surface area contributed by atoms with Gasteiger partial charge in [0.05, 0.1) is 17.9 Å². The van der Waals surface area contributed by atoms with Crippen LogP contribution in [0.5, 0.6) is 0 Å². The summed E-state index contributed by atoms with van der Waals surface area (Å²) in [5.41, 5.74) is 8.37. The molecule has 1 heterocycles. The molecule has 0 saturated carbocycles. The van der Waals surface area contributed by atoms with Crippen LogP contribution in [0.25, 0.3) is 0 Å². The lowest BCUT2D eigenvalue weighted by molar-refractivity contribution is -0.123. The van der Waals surface area contributed by atoms with Crippen LogP contribution in [0.15, 0.2) is 53.6 Å². The van der Waals surface area contributed by atoms with Crippen LogP contribution in [0, 0.1) is 5.41 Å². The van der Waals surface area contributed by atoms with Crippen LogP contribution in [0.1, 0.15) is 29.5 Å². The van der Waals surface area contributed by atoms with Crippen molar-refractivity contribution in [3.63, 3.8) is 0 Å². The number of rotatable bonds is 3. The van der Waals surface area contributed by atoms with Gasteiger partial charge in [-0.15, -0.1) is 0 Å². The van der Waals surface area contributed by atoms with Gasteiger partial charge in [0.2, 0.25) is 11.8 Å². The number of hydrogen-bond acceptors (Lipinski definition) is 5. The number of hydrogen-bond donors (Lipinski definition) is 3. The number of nitrogens with zero attached hydrogens (tertiary/aromatic N) is 2. The fourth-order valence-corrected chi connectivity index (χ4v) is 3.05. The Morgan fingerprint density at radius 2 is 1.69 bits per heavy atom. The fourth-order valence-electron chi connectivity index (χ4n) is 3.05. The van der Waals surface area contributed by atoms with E-state index in [1.165, 1.54) is 0 Å². The third-order valence-corrected chi connectivity index (χ3v) is 4.32. The molecule has 0 radical (unpaired) electrons. The Kier molecular flexibility index (Phi) is 4.79. The average molecular weight is 349 g/mol. The van der Waals surface area contributed by atoms with E-state index < -0.39 is 5.91 Å². The maximum Gasteiger partial charge on any atom is 0.227 e. The molecule has 7 nitrogen and oxygen atoms in total. The molecule has 3 rings (SSSR count). The molecule has 0 atom stereocenters. The Morgan fingerprint density at radius 3 is 2.38 bits per heavy atom. The van der Waals surface area contributed by atoms with E-state index in [0.29, 0.717) is 22.5 Å². The Labute approximate surface area is 150 Å². The van der Waals surface area contributed by atoms with Gasteiger partial charge in [0.25, 0.3) is 0 Å². The van der Waals surface area contributed by atoms with Crippen molar-refractivity contribution < 1.29 is 9.59 Å². The predicted molar refractivity (Wildman–Crippen MR) is 100 cm³/mol. The summed E-state index contributed by atoms with van der Waals surface area (Å²) in [6, 6.07) is 14.5. The molecule has 26 heavy (non-hydrogen) atoms. The summed E-state index contributed by atoms with van der Waals surface area (Å²) < 4.78 is 0. The molecule has 7 heteroatoms. The minimum atomic E-state index is -0.524. The zero-order valence-corrected chi connectivity index (χ0v) is 14.1. The van der Waals surface area contributed by atoms with Crippen LogP contribution in [-0.4, -0.2) is 23.2 Å². The molecule has 1 aliphatic rings. The highest BCUT2D eigenvalue weighted by molar-refractivity contribution is 6.53. The molecule has 0 unspecified atom stereocenters. The van der Waals surface area contributed by atoms with Crippen LogP contribution < -0.4 is 16.5 Å². The molecule has 5 N–H and O–H groups in total. The van der Waals surface area contributed by atoms with Crippen molar-refractivity contribution in [1.82, 2.24) is 0 Å². The average Bonchev–Trinajstić information content (AvgIpc) is 2.64. The van der Waals surface area contributed by atoms with Crippen molar-refractivity contribution in [1.29, 1.82) is 5.41 Å². The second kappa shape index (κ2) is 7.18. The number of carbonyl (C=O) groups is 2. The van der Waals surface area contributed by atoms with E-state index in [2.05, 4.69) is 5.10 Å². The SMILES string of the molecule is N=C1C(=NN)c2ccccc2CN(C(=O)CCC(N)=O)c2ccccc21. The van der Waals surface area contributed by atoms with Gasteiger partial charge in [-0.05, 0) is 11.6 Å². The maximum atomic E-state index is 12.8. The van der Waals surface area contributed by atoms with E-state index in [4.69, 9.17) is 17.0 Å². The maximum absolute atomic E-state index is 12.8. The van der Waals surface area contributed by atoms with Crippen molar-refractivity contribution >= 4 is 28.9 Å². The number of primary amides is 1. The fraction of sp³-hybridized carbons (Fsp3) is 0.158. The molecule has 2 aromatic rings. The Morgan fingerprint density at radius 1 is 1.04 bits per heavy atom. The summed E-state index contributed by atoms with van der Waals surface area (Å²) in [6.07, 6.45) is -0.0108. The molecule has 0 saturated heterocycles. The summed E-state index contributed by atoms with van der Waals surface area (Å²) in [7, 11) is 0. The van der Waals surface area contributed by atoms with Crippen molar-refractivity contribution in [2.75, 3.05) is 4.90 Å². The first-order valence-corrected chi connectivity index (χ1v) is 8.16. The second-order valence-corrected chi connectivity index (χ2v) is 5.97. The number of anilines is 1. The van der Waals surface area contributed by atoms with Gasteiger partial charge in [-0.1, -0.05) is 42.5 Å². The first-order valence-electron chi connectivity index (χ1n) is 8.16. The van der Waals surface area contributed by atoms with Gasteiger partial charge in [0.15, 0.2) is 0 Å². The topological polar surface area (TPSA) is 126 Å². The molecule has 0 aliphatic carbocycles. The minimum Gasteiger partial charge on any atom is -0.370 e. The number of para-hydroxylation sites is 1. The summed E-state index contributed by atoms with van der Waals surface area (Å²) in [6.45, 7) is 0.289. The highest BCUT2D eigenvalue weighted by atomic mass is 16.2. The van der Waals surface area contributed by atoms with E-state index in [9.17, 15) is 9.59 Å². The first kappa shape index (κ1) is 17.3. The zero-order valence-electron chi connectivity index (χ0n) is 14.1. The molecule has 0 fully saturated rings. The lowest BCUT2D eigenvalue weighted by Gasteiger charge is -2.29. The Balaban J connectivity index is 2.14. The van der Waals surface area contributed by atoms with Gasteiger partial charge in [0.1, 0.15) is 5.71 Å². The van der Waals surface area contributed by atoms with Gasteiger partial charge < -0.3 is 16.5 Å². The van der Waals surface area contributed by atoms with Crippen molar-refractivity contribution in [3.8, 4) is 0 Å². The number of hydrazone groups is 1. The minimum absolute atomic E-state index is 0.0109. The number of benzene rings is 2. The normalized spacial score (nSPS) is 15.0. The quantitative estimate of drug-likeness (QED) is 0.574. The van der Waals surface area contributed by atoms with E-state index in [0.717, 1.165) is 5.56 Å². The Hall–Kier alpha value is -3.48. The van der Waals surface area contributed by atoms with Crippen molar-refractivity contribution in [2.45, 2.75) is 19.4 Å². The van der Waals surface area contributed by atoms with Crippen LogP contribution in [-0.2, 0) is 16.1 Å². The van der Waals surface area contributed by atoms with Crippen LogP contribution in [0.4, 0.5) is 5.69 Å². The van der Waals surface area contributed by atoms with Crippen molar-refractivity contribution in [2.24, 2.45) is 16.7 Å². The van der Waals surface area contributed by atoms with E-state index in [1.807, 2.05) is 24.3 Å². The summed E-state index contributed by atoms with van der Waals surface area (Å²) in [5, 5.41) is 12.4. The van der Waals surface area contributed by atoms with Gasteiger partial charge in [0, 0.05) is 24.0 Å². The molecular formula is C19H19N5O2. The number of carbonyl (C=O) groups excluding carboxylic acids is 2. The molecule has 132 valence electrons. The molecule has 1 aliphatic heterocycles. The van der Waals surface area contributed by atoms with Gasteiger partial charge in [-0.2, -0.15) is 5.10 Å². The third kappa shape index (κ3) is 3.19. The van der Waals surface area contributed by atoms with Gasteiger partial charge in [-0.25, -0.2) is 0 Å². The van der Waals surface area contributed by atoms with E-state index in [1.54, 1.807) is 29.2 Å². The molecule has 2 amide bonds. The van der Waals surface area contributed by atoms with Crippen LogP contribution >= 0.6 is 0 Å². The highest BCUT2D eigenvalue weighted by Gasteiger charge is 2.27. The lowest BCUT2D eigenvalue weighted by atomic mass is 9.92. The zero-order chi connectivity index (χ0) is 18.7. The highest BCUT2D eigenvalue weighted by Crippen LogP contribution is 2.29. The van der Waals surface area contributed by atoms with Crippen LogP contribution in [0.3, 0.4) is 0 Å². The standard InChI is InChI=1S/C19H19N5O2/c20-16(25)9-10-17(26)24-11-12-5-1-2-6-13(12)19(23-22)18(21)14-7-3-4-8-15(14)24/h1-8,21H,9-11,22H2,(H2,20,25). The largest absolute Gasteiger partial charge is 0.370 e. The monoisotopic (exact) mass is 349 g/mol. The van der Waals surface area contributed by atoms with Crippen LogP contribution in [0.2, 0.25) is 0 Å². The molecule has 0 bridgehead atoms. The molecule has 2 aromatic carbocycles. The summed E-state index contributed by atoms with van der Waals surface area (Å²) in [5.74, 6) is 4.82. The Bertz CT molecular complexity index is 920. The second-order valence-electron chi connectivity index (χ2n) is 5.97. The number of nitrogens with one attached hydrogen (secondary N) is 1. The predicted octanol–water partition coefficient (Wildman–Crippen LogP) is 1.53. The van der Waals surface area contributed by atoms with Gasteiger partial charge in [-0.3, -0.25) is 15.0 Å². The third-order valence-electron chi connectivity index (χ3n) is 4.32. The van der Waals surface area contributed by atoms with Crippen molar-refractivity contribution in [3.05, 3.63) is 65.2 Å². The van der Waals surface area contributed by atoms with E-state index in [-0.39, 0.29) is 31.0 Å². The molecule has 0 aromatic heterocycles. The molecule has 0 spiro atoms. The summed E-state index contributed by atoms with van der Waals surface area (Å²) >= 11 is 0. The molecular weight excluding hydrogens is 330 g/mol. The van der Waals surface area contributed by atoms with E-state index >= 15 is 0 Å². The number of amides is 2.